The molecule has 1 aromatic heterocycles. The molecule has 0 saturated carbocycles. The molecule has 18 heavy (non-hydrogen) atoms. The van der Waals surface area contributed by atoms with Crippen molar-refractivity contribution in [2.75, 3.05) is 26.8 Å². The number of aromatic nitrogens is 1. The minimum atomic E-state index is -0.0402. The SMILES string of the molecule is CCN(C(=O)c1csc(CCN)n1)C(C)COC. The molecule has 6 heteroatoms. The average molecular weight is 271 g/mol. The molecule has 0 saturated heterocycles. The number of carbonyl (C=O) groups is 1. The lowest BCUT2D eigenvalue weighted by molar-refractivity contribution is 0.0574. The Kier molecular flexibility index (Phi) is 6.24. The zero-order valence-corrected chi connectivity index (χ0v) is 12.0. The molecule has 1 amide bonds. The molecule has 0 aliphatic heterocycles. The number of carbonyl (C=O) groups excluding carboxylic acids is 1. The first kappa shape index (κ1) is 15.1. The van der Waals surface area contributed by atoms with E-state index in [0.717, 1.165) is 11.4 Å². The van der Waals surface area contributed by atoms with Gasteiger partial charge in [0.25, 0.3) is 5.91 Å². The molecular formula is C12H21N3O2S. The number of thiazole rings is 1. The van der Waals surface area contributed by atoms with Crippen LogP contribution in [-0.2, 0) is 11.2 Å². The smallest absolute Gasteiger partial charge is 0.273 e. The molecule has 2 N–H and O–H groups in total. The van der Waals surface area contributed by atoms with Gasteiger partial charge in [0.1, 0.15) is 5.69 Å². The molecule has 1 rings (SSSR count). The normalized spacial score (nSPS) is 12.4. The summed E-state index contributed by atoms with van der Waals surface area (Å²) in [5.41, 5.74) is 5.98. The van der Waals surface area contributed by atoms with Crippen molar-refractivity contribution in [2.45, 2.75) is 26.3 Å². The highest BCUT2D eigenvalue weighted by atomic mass is 32.1. The molecule has 0 radical (unpaired) electrons. The van der Waals surface area contributed by atoms with Gasteiger partial charge in [-0.15, -0.1) is 11.3 Å². The molecule has 0 aliphatic rings. The number of hydrogen-bond acceptors (Lipinski definition) is 5. The molecule has 0 aromatic carbocycles. The summed E-state index contributed by atoms with van der Waals surface area (Å²) in [5.74, 6) is -0.0402. The van der Waals surface area contributed by atoms with Gasteiger partial charge in [0.2, 0.25) is 0 Å². The Morgan fingerprint density at radius 1 is 1.67 bits per heavy atom. The third kappa shape index (κ3) is 3.76. The van der Waals surface area contributed by atoms with E-state index >= 15 is 0 Å². The van der Waals surface area contributed by atoms with Crippen molar-refractivity contribution >= 4 is 17.2 Å². The quantitative estimate of drug-likeness (QED) is 0.807. The van der Waals surface area contributed by atoms with Gasteiger partial charge in [-0.2, -0.15) is 0 Å². The fourth-order valence-corrected chi connectivity index (χ4v) is 2.57. The van der Waals surface area contributed by atoms with E-state index in [9.17, 15) is 4.79 Å². The van der Waals surface area contributed by atoms with Crippen molar-refractivity contribution in [1.82, 2.24) is 9.88 Å². The molecule has 0 fully saturated rings. The van der Waals surface area contributed by atoms with Gasteiger partial charge in [-0.1, -0.05) is 0 Å². The molecule has 5 nitrogen and oxygen atoms in total. The van der Waals surface area contributed by atoms with Crippen LogP contribution >= 0.6 is 11.3 Å². The highest BCUT2D eigenvalue weighted by molar-refractivity contribution is 7.09. The van der Waals surface area contributed by atoms with Crippen molar-refractivity contribution in [3.05, 3.63) is 16.1 Å². The van der Waals surface area contributed by atoms with E-state index in [0.29, 0.717) is 25.4 Å². The number of nitrogens with two attached hydrogens (primary N) is 1. The maximum Gasteiger partial charge on any atom is 0.273 e. The minimum absolute atomic E-state index is 0.0402. The van der Waals surface area contributed by atoms with E-state index in [-0.39, 0.29) is 11.9 Å². The predicted octanol–water partition coefficient (Wildman–Crippen LogP) is 1.14. The molecule has 1 unspecified atom stereocenters. The summed E-state index contributed by atoms with van der Waals surface area (Å²) in [5, 5.41) is 2.71. The second-order valence-electron chi connectivity index (χ2n) is 4.06. The number of ether oxygens (including phenoxy) is 1. The summed E-state index contributed by atoms with van der Waals surface area (Å²) >= 11 is 1.49. The van der Waals surface area contributed by atoms with Crippen LogP contribution in [0.15, 0.2) is 5.38 Å². The van der Waals surface area contributed by atoms with Crippen LogP contribution in [-0.4, -0.2) is 48.6 Å². The van der Waals surface area contributed by atoms with Crippen LogP contribution in [0.1, 0.15) is 29.3 Å². The largest absolute Gasteiger partial charge is 0.383 e. The Balaban J connectivity index is 2.76. The Morgan fingerprint density at radius 2 is 2.39 bits per heavy atom. The lowest BCUT2D eigenvalue weighted by Crippen LogP contribution is -2.41. The lowest BCUT2D eigenvalue weighted by Gasteiger charge is -2.26. The van der Waals surface area contributed by atoms with Crippen molar-refractivity contribution < 1.29 is 9.53 Å². The number of hydrogen-bond donors (Lipinski definition) is 1. The third-order valence-electron chi connectivity index (χ3n) is 2.67. The highest BCUT2D eigenvalue weighted by Crippen LogP contribution is 2.13. The fraction of sp³-hybridized carbons (Fsp3) is 0.667. The Bertz CT molecular complexity index is 381. The zero-order valence-electron chi connectivity index (χ0n) is 11.2. The Labute approximate surface area is 112 Å². The summed E-state index contributed by atoms with van der Waals surface area (Å²) in [6.45, 7) is 5.65. The van der Waals surface area contributed by atoms with E-state index in [2.05, 4.69) is 4.98 Å². The summed E-state index contributed by atoms with van der Waals surface area (Å²) < 4.78 is 5.09. The Morgan fingerprint density at radius 3 is 2.94 bits per heavy atom. The fourth-order valence-electron chi connectivity index (χ4n) is 1.78. The van der Waals surface area contributed by atoms with Gasteiger partial charge < -0.3 is 15.4 Å². The van der Waals surface area contributed by atoms with E-state index in [1.807, 2.05) is 13.8 Å². The highest BCUT2D eigenvalue weighted by Gasteiger charge is 2.21. The lowest BCUT2D eigenvalue weighted by atomic mass is 10.2. The van der Waals surface area contributed by atoms with Crippen LogP contribution < -0.4 is 5.73 Å². The molecule has 1 aromatic rings. The van der Waals surface area contributed by atoms with Crippen LogP contribution in [0.2, 0.25) is 0 Å². The maximum atomic E-state index is 12.3. The first-order valence-corrected chi connectivity index (χ1v) is 6.96. The summed E-state index contributed by atoms with van der Waals surface area (Å²) in [4.78, 5) is 18.4. The van der Waals surface area contributed by atoms with Crippen LogP contribution in [0.5, 0.6) is 0 Å². The van der Waals surface area contributed by atoms with Crippen molar-refractivity contribution in [1.29, 1.82) is 0 Å². The minimum Gasteiger partial charge on any atom is -0.383 e. The van der Waals surface area contributed by atoms with Crippen LogP contribution in [0.3, 0.4) is 0 Å². The molecular weight excluding hydrogens is 250 g/mol. The van der Waals surface area contributed by atoms with E-state index in [1.165, 1.54) is 11.3 Å². The van der Waals surface area contributed by atoms with Crippen LogP contribution in [0, 0.1) is 0 Å². The molecule has 0 spiro atoms. The first-order chi connectivity index (χ1) is 8.63. The van der Waals surface area contributed by atoms with Gasteiger partial charge in [-0.3, -0.25) is 4.79 Å². The van der Waals surface area contributed by atoms with Crippen LogP contribution in [0.25, 0.3) is 0 Å². The van der Waals surface area contributed by atoms with Gasteiger partial charge in [-0.05, 0) is 20.4 Å². The second kappa shape index (κ2) is 7.45. The number of amides is 1. The molecule has 0 aliphatic carbocycles. The molecule has 1 heterocycles. The zero-order chi connectivity index (χ0) is 13.5. The molecule has 1 atom stereocenters. The van der Waals surface area contributed by atoms with E-state index < -0.39 is 0 Å². The summed E-state index contributed by atoms with van der Waals surface area (Å²) in [7, 11) is 1.64. The van der Waals surface area contributed by atoms with Gasteiger partial charge in [0.05, 0.1) is 17.7 Å². The first-order valence-electron chi connectivity index (χ1n) is 6.08. The summed E-state index contributed by atoms with van der Waals surface area (Å²) in [6, 6.07) is 0.0483. The standard InChI is InChI=1S/C12H21N3O2S/c1-4-15(9(2)7-17-3)12(16)10-8-18-11(14-10)5-6-13/h8-9H,4-7,13H2,1-3H3. The number of nitrogens with zero attached hydrogens (tertiary/aromatic N) is 2. The summed E-state index contributed by atoms with van der Waals surface area (Å²) in [6.07, 6.45) is 0.720. The number of likely N-dealkylation sites (N-methyl/N-ethyl adjacent to an activating group) is 1. The predicted molar refractivity (Wildman–Crippen MR) is 72.9 cm³/mol. The van der Waals surface area contributed by atoms with Crippen LogP contribution in [0.4, 0.5) is 0 Å². The topological polar surface area (TPSA) is 68.5 Å². The monoisotopic (exact) mass is 271 g/mol. The maximum absolute atomic E-state index is 12.3. The number of rotatable bonds is 7. The average Bonchev–Trinajstić information content (AvgIpc) is 2.79. The van der Waals surface area contributed by atoms with Gasteiger partial charge in [0.15, 0.2) is 0 Å². The molecule has 102 valence electrons. The number of methoxy groups -OCH3 is 1. The van der Waals surface area contributed by atoms with Gasteiger partial charge in [-0.25, -0.2) is 4.98 Å². The van der Waals surface area contributed by atoms with E-state index in [1.54, 1.807) is 17.4 Å². The van der Waals surface area contributed by atoms with E-state index in [4.69, 9.17) is 10.5 Å². The van der Waals surface area contributed by atoms with Crippen molar-refractivity contribution in [2.24, 2.45) is 5.73 Å². The second-order valence-corrected chi connectivity index (χ2v) is 5.00. The third-order valence-corrected chi connectivity index (χ3v) is 3.58. The Hall–Kier alpha value is -0.980. The molecule has 0 bridgehead atoms. The van der Waals surface area contributed by atoms with Gasteiger partial charge >= 0.3 is 0 Å². The van der Waals surface area contributed by atoms with Crippen molar-refractivity contribution in [3.63, 3.8) is 0 Å². The van der Waals surface area contributed by atoms with Crippen molar-refractivity contribution in [3.8, 4) is 0 Å². The van der Waals surface area contributed by atoms with Gasteiger partial charge in [0, 0.05) is 25.5 Å².